The van der Waals surface area contributed by atoms with Crippen LogP contribution in [0.3, 0.4) is 0 Å². The van der Waals surface area contributed by atoms with E-state index in [9.17, 15) is 19.5 Å². The fraction of sp³-hybridized carbons (Fsp3) is 0.577. The molecule has 3 rings (SSSR count). The van der Waals surface area contributed by atoms with Crippen LogP contribution in [-0.2, 0) is 19.1 Å². The number of benzene rings is 1. The van der Waals surface area contributed by atoms with Crippen molar-refractivity contribution in [3.8, 4) is 0 Å². The van der Waals surface area contributed by atoms with E-state index in [0.717, 1.165) is 16.8 Å². The molecule has 180 valence electrons. The number of anilines is 1. The van der Waals surface area contributed by atoms with Crippen molar-refractivity contribution in [3.05, 3.63) is 41.5 Å². The highest BCUT2D eigenvalue weighted by Crippen LogP contribution is 2.45. The molecule has 0 unspecified atom stereocenters. The molecule has 0 saturated carbocycles. The fourth-order valence-corrected chi connectivity index (χ4v) is 5.16. The average Bonchev–Trinajstić information content (AvgIpc) is 3.07. The standard InChI is InChI=1S/C26H36N2O5/c1-5-18-11-12-19-22(21(18)26(32)33-6-2)25(31)28(13-7-8-14-29)23(19)24(30)27-20-15-16(3)9-10-17(20)4/h9-12,15,18-19,21-23,29H,5-8,13-14H2,1-4H3,(H,27,30)/t18-,19+,21-,22-,23+/m1/s1. The zero-order chi connectivity index (χ0) is 24.1. The Morgan fingerprint density at radius 3 is 2.58 bits per heavy atom. The molecule has 0 radical (unpaired) electrons. The lowest BCUT2D eigenvalue weighted by atomic mass is 9.69. The second-order valence-electron chi connectivity index (χ2n) is 9.05. The third kappa shape index (κ3) is 5.13. The molecule has 1 saturated heterocycles. The average molecular weight is 457 g/mol. The Kier molecular flexibility index (Phi) is 8.30. The summed E-state index contributed by atoms with van der Waals surface area (Å²) >= 11 is 0. The summed E-state index contributed by atoms with van der Waals surface area (Å²) in [5.74, 6) is -2.54. The molecule has 1 aliphatic carbocycles. The number of amides is 2. The van der Waals surface area contributed by atoms with E-state index in [0.29, 0.717) is 25.8 Å². The van der Waals surface area contributed by atoms with Gasteiger partial charge in [0.2, 0.25) is 11.8 Å². The molecule has 7 nitrogen and oxygen atoms in total. The number of carbonyl (C=O) groups excluding carboxylic acids is 3. The molecule has 2 amide bonds. The summed E-state index contributed by atoms with van der Waals surface area (Å²) in [7, 11) is 0. The number of rotatable bonds is 9. The maximum atomic E-state index is 13.6. The fourth-order valence-electron chi connectivity index (χ4n) is 5.16. The summed E-state index contributed by atoms with van der Waals surface area (Å²) in [6.07, 6.45) is 5.76. The van der Waals surface area contributed by atoms with Crippen LogP contribution in [0.2, 0.25) is 0 Å². The van der Waals surface area contributed by atoms with Gasteiger partial charge in [0.25, 0.3) is 0 Å². The number of ether oxygens (including phenoxy) is 1. The van der Waals surface area contributed by atoms with Crippen LogP contribution in [0.4, 0.5) is 5.69 Å². The van der Waals surface area contributed by atoms with Gasteiger partial charge in [0.15, 0.2) is 0 Å². The van der Waals surface area contributed by atoms with Crippen LogP contribution in [0.25, 0.3) is 0 Å². The van der Waals surface area contributed by atoms with Gasteiger partial charge in [-0.3, -0.25) is 14.4 Å². The van der Waals surface area contributed by atoms with Crippen molar-refractivity contribution in [3.63, 3.8) is 0 Å². The monoisotopic (exact) mass is 456 g/mol. The largest absolute Gasteiger partial charge is 0.466 e. The predicted octanol–water partition coefficient (Wildman–Crippen LogP) is 3.23. The topological polar surface area (TPSA) is 95.9 Å². The molecule has 5 atom stereocenters. The molecule has 1 heterocycles. The molecule has 1 aromatic rings. The number of likely N-dealkylation sites (tertiary alicyclic amines) is 1. The highest BCUT2D eigenvalue weighted by molar-refractivity contribution is 6.02. The molecule has 2 N–H and O–H groups in total. The normalized spacial score (nSPS) is 26.3. The van der Waals surface area contributed by atoms with Gasteiger partial charge in [-0.2, -0.15) is 0 Å². The molecule has 33 heavy (non-hydrogen) atoms. The summed E-state index contributed by atoms with van der Waals surface area (Å²) in [5, 5.41) is 12.3. The summed E-state index contributed by atoms with van der Waals surface area (Å²) < 4.78 is 5.35. The number of aliphatic hydroxyl groups excluding tert-OH is 1. The van der Waals surface area contributed by atoms with Gasteiger partial charge < -0.3 is 20.1 Å². The van der Waals surface area contributed by atoms with Gasteiger partial charge in [-0.1, -0.05) is 31.2 Å². The Hall–Kier alpha value is -2.67. The van der Waals surface area contributed by atoms with E-state index in [4.69, 9.17) is 4.74 Å². The Bertz CT molecular complexity index is 912. The smallest absolute Gasteiger partial charge is 0.310 e. The molecule has 1 aliphatic heterocycles. The predicted molar refractivity (Wildman–Crippen MR) is 126 cm³/mol. The number of aryl methyl sites for hydroxylation is 2. The van der Waals surface area contributed by atoms with Crippen LogP contribution in [0.15, 0.2) is 30.4 Å². The quantitative estimate of drug-likeness (QED) is 0.338. The van der Waals surface area contributed by atoms with Crippen molar-refractivity contribution in [2.24, 2.45) is 23.7 Å². The van der Waals surface area contributed by atoms with E-state index in [1.165, 1.54) is 0 Å². The van der Waals surface area contributed by atoms with E-state index in [-0.39, 0.29) is 36.9 Å². The van der Waals surface area contributed by atoms with E-state index in [1.807, 2.05) is 51.1 Å². The highest BCUT2D eigenvalue weighted by Gasteiger charge is 2.57. The van der Waals surface area contributed by atoms with Gasteiger partial charge in [0.05, 0.1) is 18.4 Å². The molecule has 2 aliphatic rings. The Balaban J connectivity index is 1.97. The first kappa shape index (κ1) is 25.0. The number of allylic oxidation sites excluding steroid dienone is 1. The first-order valence-electron chi connectivity index (χ1n) is 12.0. The molecule has 0 bridgehead atoms. The Morgan fingerprint density at radius 1 is 1.15 bits per heavy atom. The molecule has 0 spiro atoms. The van der Waals surface area contributed by atoms with E-state index in [1.54, 1.807) is 11.8 Å². The second-order valence-corrected chi connectivity index (χ2v) is 9.05. The molecule has 1 fully saturated rings. The van der Waals surface area contributed by atoms with Crippen LogP contribution in [0.1, 0.15) is 44.2 Å². The summed E-state index contributed by atoms with van der Waals surface area (Å²) in [6.45, 7) is 8.27. The molecular formula is C26H36N2O5. The maximum absolute atomic E-state index is 13.6. The highest BCUT2D eigenvalue weighted by atomic mass is 16.5. The van der Waals surface area contributed by atoms with E-state index in [2.05, 4.69) is 5.32 Å². The first-order chi connectivity index (χ1) is 15.8. The van der Waals surface area contributed by atoms with Gasteiger partial charge in [0.1, 0.15) is 6.04 Å². The first-order valence-corrected chi connectivity index (χ1v) is 12.0. The SMILES string of the molecule is CCOC(=O)[C@H]1[C@@H]2C(=O)N(CCCCO)[C@H](C(=O)Nc3cc(C)ccc3C)[C@H]2C=C[C@H]1CC. The number of unbranched alkanes of at least 4 members (excludes halogenated alkanes) is 1. The van der Waals surface area contributed by atoms with Crippen molar-refractivity contribution in [2.45, 2.75) is 53.0 Å². The third-order valence-electron chi connectivity index (χ3n) is 6.87. The van der Waals surface area contributed by atoms with Gasteiger partial charge in [-0.25, -0.2) is 0 Å². The zero-order valence-electron chi connectivity index (χ0n) is 20.0. The number of carbonyl (C=O) groups is 3. The number of nitrogens with one attached hydrogen (secondary N) is 1. The number of fused-ring (bicyclic) bond motifs is 1. The van der Waals surface area contributed by atoms with Crippen LogP contribution in [-0.4, -0.2) is 53.6 Å². The van der Waals surface area contributed by atoms with Gasteiger partial charge in [-0.15, -0.1) is 0 Å². The minimum atomic E-state index is -0.716. The summed E-state index contributed by atoms with van der Waals surface area (Å²) in [5.41, 5.74) is 2.69. The lowest BCUT2D eigenvalue weighted by Gasteiger charge is -2.33. The minimum absolute atomic E-state index is 0.0253. The van der Waals surface area contributed by atoms with Crippen LogP contribution in [0, 0.1) is 37.5 Å². The van der Waals surface area contributed by atoms with Crippen molar-refractivity contribution in [2.75, 3.05) is 25.1 Å². The molecule has 7 heteroatoms. The third-order valence-corrected chi connectivity index (χ3v) is 6.87. The van der Waals surface area contributed by atoms with Crippen molar-refractivity contribution in [1.82, 2.24) is 4.90 Å². The number of nitrogens with zero attached hydrogens (tertiary/aromatic N) is 1. The van der Waals surface area contributed by atoms with Crippen molar-refractivity contribution >= 4 is 23.5 Å². The van der Waals surface area contributed by atoms with E-state index >= 15 is 0 Å². The second kappa shape index (κ2) is 11.0. The lowest BCUT2D eigenvalue weighted by molar-refractivity contribution is -0.155. The number of hydrogen-bond acceptors (Lipinski definition) is 5. The van der Waals surface area contributed by atoms with Crippen LogP contribution >= 0.6 is 0 Å². The Labute approximate surface area is 196 Å². The van der Waals surface area contributed by atoms with Gasteiger partial charge in [-0.05, 0) is 63.1 Å². The molecular weight excluding hydrogens is 420 g/mol. The summed E-state index contributed by atoms with van der Waals surface area (Å²) in [4.78, 5) is 41.7. The number of hydrogen-bond donors (Lipinski definition) is 2. The van der Waals surface area contributed by atoms with Crippen LogP contribution < -0.4 is 5.32 Å². The van der Waals surface area contributed by atoms with Crippen LogP contribution in [0.5, 0.6) is 0 Å². The van der Waals surface area contributed by atoms with Crippen molar-refractivity contribution in [1.29, 1.82) is 0 Å². The number of aliphatic hydroxyl groups is 1. The van der Waals surface area contributed by atoms with Crippen molar-refractivity contribution < 1.29 is 24.2 Å². The molecule has 1 aromatic carbocycles. The number of esters is 1. The van der Waals surface area contributed by atoms with Gasteiger partial charge in [0, 0.05) is 24.8 Å². The van der Waals surface area contributed by atoms with E-state index < -0.39 is 23.8 Å². The maximum Gasteiger partial charge on any atom is 0.310 e. The lowest BCUT2D eigenvalue weighted by Crippen LogP contribution is -2.44. The molecule has 0 aromatic heterocycles. The minimum Gasteiger partial charge on any atom is -0.466 e. The van der Waals surface area contributed by atoms with Gasteiger partial charge >= 0.3 is 5.97 Å². The zero-order valence-corrected chi connectivity index (χ0v) is 20.0. The summed E-state index contributed by atoms with van der Waals surface area (Å²) in [6, 6.07) is 5.14. The Morgan fingerprint density at radius 2 is 1.91 bits per heavy atom.